The molecule has 1 atom stereocenters. The Morgan fingerprint density at radius 2 is 1.06 bits per heavy atom. The van der Waals surface area contributed by atoms with Gasteiger partial charge in [-0.1, -0.05) is 111 Å². The minimum atomic E-state index is -0.115. The fraction of sp³-hybridized carbons (Fsp3) is 0.487. The third-order valence-corrected chi connectivity index (χ3v) is 28.9. The van der Waals surface area contributed by atoms with Gasteiger partial charge >= 0.3 is 0 Å². The highest BCUT2D eigenvalue weighted by molar-refractivity contribution is 9.10. The van der Waals surface area contributed by atoms with Gasteiger partial charge in [-0.05, 0) is 140 Å². The maximum absolute atomic E-state index is 13.9. The minimum absolute atomic E-state index is 0.0217. The number of rotatable bonds is 13. The first-order valence-corrected chi connectivity index (χ1v) is 40.0. The number of benzene rings is 4. The van der Waals surface area contributed by atoms with Crippen molar-refractivity contribution in [2.45, 2.75) is 174 Å². The van der Waals surface area contributed by atoms with E-state index in [9.17, 15) is 24.0 Å². The van der Waals surface area contributed by atoms with E-state index < -0.39 is 0 Å². The van der Waals surface area contributed by atoms with Crippen LogP contribution in [0.25, 0.3) is 10.1 Å². The number of Topliss-reactive ketones (excluding diaryl/α,β-unsaturated/α-hetero) is 2. The number of thiophene rings is 3. The molecule has 1 unspecified atom stereocenters. The Hall–Kier alpha value is -5.26. The van der Waals surface area contributed by atoms with Crippen molar-refractivity contribution in [3.05, 3.63) is 153 Å². The second kappa shape index (κ2) is 29.0. The number of hydrogen-bond acceptors (Lipinski definition) is 16. The molecule has 2 aliphatic carbocycles. The van der Waals surface area contributed by atoms with E-state index >= 15 is 0 Å². The van der Waals surface area contributed by atoms with Gasteiger partial charge in [-0.25, -0.2) is 0 Å². The van der Waals surface area contributed by atoms with Crippen molar-refractivity contribution in [3.63, 3.8) is 0 Å². The summed E-state index contributed by atoms with van der Waals surface area (Å²) in [6.45, 7) is 18.6. The van der Waals surface area contributed by atoms with E-state index in [1.807, 2.05) is 69.3 Å². The smallest absolute Gasteiger partial charge is 0.265 e. The molecule has 6 N–H and O–H groups in total. The highest BCUT2D eigenvalue weighted by Gasteiger charge is 2.48. The van der Waals surface area contributed by atoms with Gasteiger partial charge in [0.05, 0.1) is 43.0 Å². The first-order chi connectivity index (χ1) is 46.7. The maximum Gasteiger partial charge on any atom is 0.265 e. The summed E-state index contributed by atoms with van der Waals surface area (Å²) in [5, 5.41) is 1.91. The molecule has 4 aromatic carbocycles. The van der Waals surface area contributed by atoms with Gasteiger partial charge in [0.1, 0.15) is 22.1 Å². The van der Waals surface area contributed by atoms with Crippen LogP contribution in [-0.2, 0) is 48.7 Å². The number of nitrogens with zero attached hydrogens (tertiary/aromatic N) is 3. The zero-order chi connectivity index (χ0) is 68.1. The highest BCUT2D eigenvalue weighted by atomic mass is 79.9. The summed E-state index contributed by atoms with van der Waals surface area (Å²) in [5.41, 5.74) is 28.2. The molecule has 9 heterocycles. The van der Waals surface area contributed by atoms with E-state index in [0.29, 0.717) is 107 Å². The van der Waals surface area contributed by atoms with Crippen LogP contribution >= 0.6 is 85.1 Å². The molecule has 3 fully saturated rings. The van der Waals surface area contributed by atoms with E-state index in [4.69, 9.17) is 43.0 Å². The largest absolute Gasteiger partial charge is 0.492 e. The van der Waals surface area contributed by atoms with Crippen LogP contribution in [0, 0.1) is 5.41 Å². The summed E-state index contributed by atoms with van der Waals surface area (Å²) in [6.07, 6.45) is 12.2. The van der Waals surface area contributed by atoms with Crippen LogP contribution in [0.15, 0.2) is 85.7 Å². The number of unbranched alkanes of at least 4 members (excludes halogenated alkanes) is 1. The van der Waals surface area contributed by atoms with Gasteiger partial charge in [-0.2, -0.15) is 0 Å². The number of ether oxygens (including phenoxy) is 3. The number of ketones is 2. The van der Waals surface area contributed by atoms with Gasteiger partial charge in [0, 0.05) is 136 Å². The summed E-state index contributed by atoms with van der Waals surface area (Å²) in [6, 6.07) is 24.7. The van der Waals surface area contributed by atoms with Crippen LogP contribution in [0.5, 0.6) is 17.2 Å². The Morgan fingerprint density at radius 1 is 0.598 bits per heavy atom. The summed E-state index contributed by atoms with van der Waals surface area (Å²) in [4.78, 5) is 74.8. The van der Waals surface area contributed by atoms with Crippen molar-refractivity contribution in [2.75, 3.05) is 64.8 Å². The Labute approximate surface area is 603 Å². The van der Waals surface area contributed by atoms with Crippen LogP contribution in [0.1, 0.15) is 206 Å². The number of fused-ring (bicyclic) bond motifs is 9. The molecule has 3 spiro atoms. The van der Waals surface area contributed by atoms with E-state index in [1.165, 1.54) is 28.0 Å². The zero-order valence-corrected chi connectivity index (χ0v) is 62.7. The summed E-state index contributed by atoms with van der Waals surface area (Å²) in [7, 11) is 0. The monoisotopic (exact) mass is 1490 g/mol. The number of nitrogens with two attached hydrogens (primary N) is 3. The molecule has 3 amide bonds. The Morgan fingerprint density at radius 3 is 1.54 bits per heavy atom. The second-order valence-electron chi connectivity index (χ2n) is 28.5. The summed E-state index contributed by atoms with van der Waals surface area (Å²) in [5.74, 6) is 4.53. The molecule has 8 aliphatic rings. The lowest BCUT2D eigenvalue weighted by atomic mass is 9.73. The fourth-order valence-corrected chi connectivity index (χ4v) is 23.1. The first kappa shape index (κ1) is 70.2. The average molecular weight is 1490 g/mol. The van der Waals surface area contributed by atoms with Gasteiger partial charge in [0.2, 0.25) is 0 Å². The molecule has 14 nitrogen and oxygen atoms in total. The third-order valence-electron chi connectivity index (χ3n) is 21.5. The minimum Gasteiger partial charge on any atom is -0.492 e. The molecule has 7 aromatic rings. The van der Waals surface area contributed by atoms with Crippen molar-refractivity contribution in [3.8, 4) is 17.2 Å². The van der Waals surface area contributed by atoms with Crippen LogP contribution < -0.4 is 31.4 Å². The van der Waals surface area contributed by atoms with Crippen molar-refractivity contribution < 1.29 is 38.2 Å². The number of thioether (sulfide) groups is 2. The predicted octanol–water partition coefficient (Wildman–Crippen LogP) is 16.3. The summed E-state index contributed by atoms with van der Waals surface area (Å²) >= 11 is 18.1. The van der Waals surface area contributed by atoms with E-state index in [1.54, 1.807) is 46.2 Å². The van der Waals surface area contributed by atoms with Crippen LogP contribution in [0.3, 0.4) is 0 Å². The van der Waals surface area contributed by atoms with Gasteiger partial charge in [0.25, 0.3) is 17.7 Å². The SMILES string of the molecule is CCC(C)Sc1sc(C(=O)N2CCC3(CC2)COc2ccc(CN)cc23)c2c1C(=O)CC(C)(C)C2.CCCCSc1sc(C(=O)N2CCC3(CC2)COc2ccc(CN)cc23)c2c1C(=O)CCC2.NCc1ccc2c(c1)C1(CCN(C(=O)c3sc4cc(Br)ccc4c3Cl)CC1)CO2. The second-order valence-corrected chi connectivity index (χ2v) is 35.9. The van der Waals surface area contributed by atoms with Crippen molar-refractivity contribution in [2.24, 2.45) is 22.6 Å². The molecule has 21 heteroatoms. The molecule has 0 radical (unpaired) electrons. The molecular formula is C76H88BrClN6O8S5. The normalized spacial score (nSPS) is 19.2. The van der Waals surface area contributed by atoms with E-state index in [2.05, 4.69) is 68.7 Å². The number of piperidine rings is 3. The molecule has 514 valence electrons. The standard InChI is InChI=1S/C28H36N2O3S2.C26H32N2O3S2.C22H20BrClN2O2S/c1-5-17(2)34-26-23-19(13-27(3,4)14-21(23)31)24(35-26)25(32)30-10-8-28(9-11-30)16-33-22-7-6-18(15-29)12-20(22)28;1-2-3-13-32-25-22-18(5-4-6-20(22)29)23(33-25)24(30)28-11-9-26(10-12-28)16-31-21-8-7-17(15-27)14-19(21)26;23-14-2-3-15-18(10-14)29-20(19(15)24)21(27)26-7-5-22(6-8-26)12-28-17-4-1-13(11-25)9-16(17)22/h6-7,12,17H,5,8-11,13-16,29H2,1-4H3;7-8,14H,2-6,9-13,15-16,27H2,1H3;1-4,9-10H,5-8,11-12,25H2. The topological polar surface area (TPSA) is 201 Å². The Balaban J connectivity index is 0.000000132. The predicted molar refractivity (Wildman–Crippen MR) is 398 cm³/mol. The number of carbonyl (C=O) groups excluding carboxylic acids is 5. The van der Waals surface area contributed by atoms with Crippen LogP contribution in [-0.4, -0.2) is 114 Å². The quantitative estimate of drug-likeness (QED) is 0.0728. The van der Waals surface area contributed by atoms with Crippen molar-refractivity contribution in [1.82, 2.24) is 14.7 Å². The molecule has 6 aliphatic heterocycles. The lowest BCUT2D eigenvalue weighted by molar-refractivity contribution is 0.0642. The first-order valence-electron chi connectivity index (χ1n) is 34.5. The van der Waals surface area contributed by atoms with Crippen LogP contribution in [0.4, 0.5) is 0 Å². The van der Waals surface area contributed by atoms with Crippen molar-refractivity contribution in [1.29, 1.82) is 0 Å². The average Bonchev–Trinajstić information content (AvgIpc) is 1.49. The third kappa shape index (κ3) is 13.8. The molecule has 97 heavy (non-hydrogen) atoms. The lowest BCUT2D eigenvalue weighted by Crippen LogP contribution is -2.46. The van der Waals surface area contributed by atoms with E-state index in [0.717, 1.165) is 172 Å². The molecular weight excluding hydrogens is 1400 g/mol. The molecule has 0 bridgehead atoms. The number of carbonyl (C=O) groups is 5. The molecule has 0 saturated carbocycles. The van der Waals surface area contributed by atoms with E-state index in [-0.39, 0.29) is 50.9 Å². The highest BCUT2D eigenvalue weighted by Crippen LogP contribution is 2.52. The lowest BCUT2D eigenvalue weighted by Gasteiger charge is -2.39. The number of amides is 3. The van der Waals surface area contributed by atoms with Gasteiger partial charge in [-0.3, -0.25) is 24.0 Å². The van der Waals surface area contributed by atoms with Gasteiger partial charge < -0.3 is 46.1 Å². The maximum atomic E-state index is 13.9. The van der Waals surface area contributed by atoms with Crippen molar-refractivity contribution >= 4 is 124 Å². The Kier molecular flexibility index (Phi) is 21.0. The zero-order valence-electron chi connectivity index (χ0n) is 56.2. The number of hydrogen-bond donors (Lipinski definition) is 3. The van der Waals surface area contributed by atoms with Gasteiger partial charge in [0.15, 0.2) is 11.6 Å². The van der Waals surface area contributed by atoms with Crippen LogP contribution in [0.2, 0.25) is 5.02 Å². The van der Waals surface area contributed by atoms with Gasteiger partial charge in [-0.15, -0.1) is 57.5 Å². The molecule has 3 aromatic heterocycles. The number of halogens is 2. The fourth-order valence-electron chi connectivity index (χ4n) is 15.5. The molecule has 15 rings (SSSR count). The molecule has 3 saturated heterocycles. The summed E-state index contributed by atoms with van der Waals surface area (Å²) < 4.78 is 22.2. The number of likely N-dealkylation sites (tertiary alicyclic amines) is 3. The Bertz CT molecular complexity index is 4190.